The van der Waals surface area contributed by atoms with Crippen LogP contribution in [0.3, 0.4) is 0 Å². The van der Waals surface area contributed by atoms with E-state index >= 15 is 0 Å². The number of hydrogen-bond acceptors (Lipinski definition) is 3. The number of aromatic nitrogens is 4. The van der Waals surface area contributed by atoms with Crippen molar-refractivity contribution in [2.45, 2.75) is 19.4 Å². The van der Waals surface area contributed by atoms with Crippen LogP contribution in [0.2, 0.25) is 0 Å². The molecule has 0 fully saturated rings. The third kappa shape index (κ3) is 3.92. The molecule has 0 aliphatic heterocycles. The summed E-state index contributed by atoms with van der Waals surface area (Å²) >= 11 is 0. The second-order valence-electron chi connectivity index (χ2n) is 7.54. The summed E-state index contributed by atoms with van der Waals surface area (Å²) in [5, 5.41) is 12.6. The largest absolute Gasteiger partial charge is 0.355 e. The predicted octanol–water partition coefficient (Wildman–Crippen LogP) is 4.10. The molecule has 5 rings (SSSR count). The van der Waals surface area contributed by atoms with Crippen LogP contribution in [0.25, 0.3) is 27.8 Å². The Kier molecular flexibility index (Phi) is 5.19. The van der Waals surface area contributed by atoms with Crippen LogP contribution in [-0.4, -0.2) is 31.6 Å². The highest BCUT2D eigenvalue weighted by Crippen LogP contribution is 2.28. The summed E-state index contributed by atoms with van der Waals surface area (Å²) in [6.07, 6.45) is 3.53. The Morgan fingerprint density at radius 2 is 1.71 bits per heavy atom. The van der Waals surface area contributed by atoms with Crippen molar-refractivity contribution in [1.29, 1.82) is 0 Å². The van der Waals surface area contributed by atoms with Crippen molar-refractivity contribution in [3.8, 4) is 11.3 Å². The van der Waals surface area contributed by atoms with Crippen molar-refractivity contribution in [3.05, 3.63) is 90.9 Å². The first-order valence-corrected chi connectivity index (χ1v) is 10.5. The van der Waals surface area contributed by atoms with E-state index in [4.69, 9.17) is 0 Å². The van der Waals surface area contributed by atoms with Gasteiger partial charge in [0.15, 0.2) is 5.65 Å². The third-order valence-corrected chi connectivity index (χ3v) is 5.47. The molecule has 3 aromatic heterocycles. The van der Waals surface area contributed by atoms with Gasteiger partial charge in [0.25, 0.3) is 0 Å². The van der Waals surface area contributed by atoms with Crippen LogP contribution >= 0.6 is 0 Å². The van der Waals surface area contributed by atoms with Crippen LogP contribution < -0.4 is 5.32 Å². The zero-order valence-electron chi connectivity index (χ0n) is 17.1. The average Bonchev–Trinajstić information content (AvgIpc) is 3.39. The van der Waals surface area contributed by atoms with E-state index in [1.54, 1.807) is 0 Å². The number of carbonyl (C=O) groups excluding carboxylic acids is 1. The molecular formula is C25H23N5O. The van der Waals surface area contributed by atoms with E-state index in [1.807, 2.05) is 59.1 Å². The highest BCUT2D eigenvalue weighted by atomic mass is 16.1. The molecule has 0 unspecified atom stereocenters. The monoisotopic (exact) mass is 409 g/mol. The van der Waals surface area contributed by atoms with Gasteiger partial charge in [-0.15, -0.1) is 10.2 Å². The van der Waals surface area contributed by atoms with Crippen molar-refractivity contribution >= 4 is 22.5 Å². The van der Waals surface area contributed by atoms with Gasteiger partial charge >= 0.3 is 0 Å². The lowest BCUT2D eigenvalue weighted by Gasteiger charge is -2.11. The number of nitrogens with zero attached hydrogens (tertiary/aromatic N) is 4. The first kappa shape index (κ1) is 19.1. The molecule has 0 spiro atoms. The first-order valence-electron chi connectivity index (χ1n) is 10.5. The Hall–Kier alpha value is -3.93. The molecule has 0 aliphatic rings. The lowest BCUT2D eigenvalue weighted by atomic mass is 10.1. The highest BCUT2D eigenvalue weighted by molar-refractivity contribution is 5.89. The molecule has 5 aromatic rings. The van der Waals surface area contributed by atoms with E-state index in [9.17, 15) is 4.79 Å². The second kappa shape index (κ2) is 8.44. The lowest BCUT2D eigenvalue weighted by molar-refractivity contribution is -0.121. The van der Waals surface area contributed by atoms with Crippen LogP contribution in [0.4, 0.5) is 0 Å². The van der Waals surface area contributed by atoms with Crippen molar-refractivity contribution in [1.82, 2.24) is 24.5 Å². The number of carbonyl (C=O) groups is 1. The summed E-state index contributed by atoms with van der Waals surface area (Å²) in [5.74, 6) is 0.914. The van der Waals surface area contributed by atoms with Crippen LogP contribution in [-0.2, 0) is 17.8 Å². The van der Waals surface area contributed by atoms with Crippen LogP contribution in [0.15, 0.2) is 85.1 Å². The summed E-state index contributed by atoms with van der Waals surface area (Å²) < 4.78 is 4.08. The Balaban J connectivity index is 1.26. The van der Waals surface area contributed by atoms with Crippen molar-refractivity contribution < 1.29 is 4.79 Å². The molecule has 2 aromatic carbocycles. The highest BCUT2D eigenvalue weighted by Gasteiger charge is 2.13. The fourth-order valence-electron chi connectivity index (χ4n) is 3.96. The van der Waals surface area contributed by atoms with E-state index in [0.29, 0.717) is 6.54 Å². The molecule has 6 nitrogen and oxygen atoms in total. The molecule has 31 heavy (non-hydrogen) atoms. The number of amides is 1. The minimum absolute atomic E-state index is 0.00429. The smallest absolute Gasteiger partial charge is 0.239 e. The number of pyridine rings is 1. The zero-order valence-corrected chi connectivity index (χ0v) is 17.1. The van der Waals surface area contributed by atoms with Crippen LogP contribution in [0, 0.1) is 0 Å². The molecule has 6 heteroatoms. The maximum absolute atomic E-state index is 12.7. The van der Waals surface area contributed by atoms with Gasteiger partial charge in [0.2, 0.25) is 5.91 Å². The summed E-state index contributed by atoms with van der Waals surface area (Å²) in [7, 11) is 0. The SMILES string of the molecule is O=C(Cn1c(-c2ccccc2)cc2ccccc21)NCCCc1nnc2ccccn12. The Morgan fingerprint density at radius 1 is 0.903 bits per heavy atom. The summed E-state index contributed by atoms with van der Waals surface area (Å²) in [6, 6.07) is 26.4. The lowest BCUT2D eigenvalue weighted by Crippen LogP contribution is -2.29. The second-order valence-corrected chi connectivity index (χ2v) is 7.54. The Bertz CT molecular complexity index is 1340. The van der Waals surface area contributed by atoms with E-state index < -0.39 is 0 Å². The summed E-state index contributed by atoms with van der Waals surface area (Å²) in [4.78, 5) is 12.7. The number of nitrogens with one attached hydrogen (secondary N) is 1. The van der Waals surface area contributed by atoms with Gasteiger partial charge in [0, 0.05) is 35.8 Å². The molecular weight excluding hydrogens is 386 g/mol. The van der Waals surface area contributed by atoms with Gasteiger partial charge in [-0.2, -0.15) is 0 Å². The molecule has 0 radical (unpaired) electrons. The maximum Gasteiger partial charge on any atom is 0.239 e. The predicted molar refractivity (Wildman–Crippen MR) is 122 cm³/mol. The zero-order chi connectivity index (χ0) is 21.0. The maximum atomic E-state index is 12.7. The minimum Gasteiger partial charge on any atom is -0.355 e. The molecule has 3 heterocycles. The van der Waals surface area contributed by atoms with E-state index in [1.165, 1.54) is 0 Å². The number of rotatable bonds is 7. The van der Waals surface area contributed by atoms with E-state index in [0.717, 1.165) is 46.5 Å². The molecule has 0 aliphatic carbocycles. The molecule has 0 atom stereocenters. The number of aryl methyl sites for hydroxylation is 1. The average molecular weight is 409 g/mol. The molecule has 0 saturated heterocycles. The molecule has 154 valence electrons. The number of fused-ring (bicyclic) bond motifs is 2. The van der Waals surface area contributed by atoms with E-state index in [-0.39, 0.29) is 12.5 Å². The van der Waals surface area contributed by atoms with Gasteiger partial charge in [-0.25, -0.2) is 0 Å². The first-order chi connectivity index (χ1) is 15.3. The topological polar surface area (TPSA) is 64.2 Å². The number of para-hydroxylation sites is 1. The number of hydrogen-bond donors (Lipinski definition) is 1. The van der Waals surface area contributed by atoms with Gasteiger partial charge in [-0.1, -0.05) is 54.6 Å². The summed E-state index contributed by atoms with van der Waals surface area (Å²) in [6.45, 7) is 0.881. The van der Waals surface area contributed by atoms with Gasteiger partial charge in [0.1, 0.15) is 12.4 Å². The Morgan fingerprint density at radius 3 is 2.61 bits per heavy atom. The Labute approximate surface area is 180 Å². The number of benzene rings is 2. The van der Waals surface area contributed by atoms with Crippen molar-refractivity contribution in [3.63, 3.8) is 0 Å². The summed E-state index contributed by atoms with van der Waals surface area (Å²) in [5.41, 5.74) is 4.05. The van der Waals surface area contributed by atoms with Gasteiger partial charge < -0.3 is 9.88 Å². The molecule has 1 N–H and O–H groups in total. The van der Waals surface area contributed by atoms with Gasteiger partial charge in [-0.3, -0.25) is 9.20 Å². The standard InChI is InChI=1S/C25H23N5O/c31-25(26-15-8-14-24-28-27-23-13-6-7-16-29(23)24)18-30-21-12-5-4-11-20(21)17-22(30)19-9-2-1-3-10-19/h1-7,9-13,16-17H,8,14-15,18H2,(H,26,31). The van der Waals surface area contributed by atoms with Crippen molar-refractivity contribution in [2.24, 2.45) is 0 Å². The van der Waals surface area contributed by atoms with Crippen LogP contribution in [0.1, 0.15) is 12.2 Å². The normalized spacial score (nSPS) is 11.2. The quantitative estimate of drug-likeness (QED) is 0.412. The fraction of sp³-hybridized carbons (Fsp3) is 0.160. The molecule has 0 saturated carbocycles. The molecule has 0 bridgehead atoms. The van der Waals surface area contributed by atoms with Gasteiger partial charge in [0.05, 0.1) is 0 Å². The van der Waals surface area contributed by atoms with Crippen LogP contribution in [0.5, 0.6) is 0 Å². The van der Waals surface area contributed by atoms with E-state index in [2.05, 4.69) is 50.4 Å². The van der Waals surface area contributed by atoms with Crippen molar-refractivity contribution in [2.75, 3.05) is 6.54 Å². The third-order valence-electron chi connectivity index (χ3n) is 5.47. The van der Waals surface area contributed by atoms with Gasteiger partial charge in [-0.05, 0) is 36.2 Å². The minimum atomic E-state index is 0.00429. The molecule has 1 amide bonds. The fourth-order valence-corrected chi connectivity index (χ4v) is 3.96.